The van der Waals surface area contributed by atoms with Gasteiger partial charge in [-0.1, -0.05) is 11.6 Å². The van der Waals surface area contributed by atoms with Crippen LogP contribution in [0.5, 0.6) is 5.88 Å². The summed E-state index contributed by atoms with van der Waals surface area (Å²) >= 11 is 5.81. The highest BCUT2D eigenvalue weighted by Crippen LogP contribution is 2.20. The highest BCUT2D eigenvalue weighted by molar-refractivity contribution is 6.30. The zero-order valence-electron chi connectivity index (χ0n) is 13.5. The van der Waals surface area contributed by atoms with Crippen molar-refractivity contribution in [3.63, 3.8) is 0 Å². The quantitative estimate of drug-likeness (QED) is 0.404. The van der Waals surface area contributed by atoms with Crippen LogP contribution in [0.3, 0.4) is 0 Å². The van der Waals surface area contributed by atoms with Crippen molar-refractivity contribution in [2.24, 2.45) is 4.99 Å². The van der Waals surface area contributed by atoms with E-state index in [1.54, 1.807) is 0 Å². The third kappa shape index (κ3) is 3.77. The van der Waals surface area contributed by atoms with Crippen molar-refractivity contribution in [2.75, 3.05) is 0 Å². The molecule has 0 saturated heterocycles. The third-order valence-corrected chi connectivity index (χ3v) is 3.86. The van der Waals surface area contributed by atoms with E-state index in [0.29, 0.717) is 16.4 Å². The van der Waals surface area contributed by atoms with Gasteiger partial charge in [-0.25, -0.2) is 9.36 Å². The first-order valence-corrected chi connectivity index (χ1v) is 7.87. The summed E-state index contributed by atoms with van der Waals surface area (Å²) in [5, 5.41) is 21.5. The van der Waals surface area contributed by atoms with Crippen LogP contribution in [0.4, 0.5) is 11.4 Å². The number of hydrogen-bond donors (Lipinski definition) is 2. The van der Waals surface area contributed by atoms with Gasteiger partial charge in [0.25, 0.3) is 11.2 Å². The zero-order valence-corrected chi connectivity index (χ0v) is 14.3. The largest absolute Gasteiger partial charge is 0.493 e. The second-order valence-electron chi connectivity index (χ2n) is 5.34. The molecule has 136 valence electrons. The van der Waals surface area contributed by atoms with E-state index in [4.69, 9.17) is 11.6 Å². The van der Waals surface area contributed by atoms with Gasteiger partial charge >= 0.3 is 5.69 Å². The number of aromatic nitrogens is 2. The molecule has 2 aromatic carbocycles. The van der Waals surface area contributed by atoms with Crippen molar-refractivity contribution in [3.05, 3.63) is 90.1 Å². The lowest BCUT2D eigenvalue weighted by molar-refractivity contribution is -0.384. The predicted octanol–water partition coefficient (Wildman–Crippen LogP) is 2.54. The number of nitro groups is 1. The van der Waals surface area contributed by atoms with Crippen LogP contribution in [-0.4, -0.2) is 25.8 Å². The Labute approximate surface area is 156 Å². The summed E-state index contributed by atoms with van der Waals surface area (Å²) in [5.74, 6) is -0.600. The number of hydrogen-bond acceptors (Lipinski definition) is 6. The van der Waals surface area contributed by atoms with Crippen LogP contribution in [0, 0.1) is 10.1 Å². The van der Waals surface area contributed by atoms with Gasteiger partial charge in [-0.2, -0.15) is 0 Å². The molecular weight excluding hydrogens is 376 g/mol. The summed E-state index contributed by atoms with van der Waals surface area (Å²) in [6, 6.07) is 11.3. The summed E-state index contributed by atoms with van der Waals surface area (Å²) in [6.07, 6.45) is 1.07. The van der Waals surface area contributed by atoms with E-state index in [-0.39, 0.29) is 11.3 Å². The molecule has 0 saturated carbocycles. The second-order valence-corrected chi connectivity index (χ2v) is 5.78. The monoisotopic (exact) mass is 386 g/mol. The Morgan fingerprint density at radius 2 is 1.74 bits per heavy atom. The van der Waals surface area contributed by atoms with Gasteiger partial charge in [0.2, 0.25) is 5.88 Å². The molecule has 1 aromatic heterocycles. The number of halogens is 1. The molecule has 0 amide bonds. The Morgan fingerprint density at radius 1 is 1.11 bits per heavy atom. The van der Waals surface area contributed by atoms with E-state index < -0.39 is 22.1 Å². The van der Waals surface area contributed by atoms with E-state index >= 15 is 0 Å². The molecule has 0 radical (unpaired) electrons. The minimum atomic E-state index is -0.827. The van der Waals surface area contributed by atoms with Crippen LogP contribution in [0.25, 0.3) is 5.69 Å². The molecule has 0 unspecified atom stereocenters. The first-order chi connectivity index (χ1) is 12.9. The van der Waals surface area contributed by atoms with E-state index in [0.717, 1.165) is 10.8 Å². The van der Waals surface area contributed by atoms with E-state index in [2.05, 4.69) is 9.98 Å². The normalized spacial score (nSPS) is 11.0. The first-order valence-electron chi connectivity index (χ1n) is 7.49. The number of aliphatic imine (C=N–C) groups is 1. The van der Waals surface area contributed by atoms with E-state index in [1.807, 2.05) is 0 Å². The second kappa shape index (κ2) is 7.26. The van der Waals surface area contributed by atoms with Crippen molar-refractivity contribution in [2.45, 2.75) is 0 Å². The highest BCUT2D eigenvalue weighted by Gasteiger charge is 2.14. The maximum atomic E-state index is 12.1. The van der Waals surface area contributed by atoms with Crippen molar-refractivity contribution < 1.29 is 10.0 Å². The van der Waals surface area contributed by atoms with Gasteiger partial charge in [0, 0.05) is 23.4 Å². The van der Waals surface area contributed by atoms with Gasteiger partial charge in [-0.05, 0) is 36.4 Å². The van der Waals surface area contributed by atoms with Crippen molar-refractivity contribution in [3.8, 4) is 11.6 Å². The number of nitro benzene ring substituents is 1. The van der Waals surface area contributed by atoms with Crippen LogP contribution in [0.15, 0.2) is 63.1 Å². The van der Waals surface area contributed by atoms with Gasteiger partial charge in [-0.15, -0.1) is 0 Å². The molecule has 0 aliphatic rings. The minimum absolute atomic E-state index is 0.106. The lowest BCUT2D eigenvalue weighted by Crippen LogP contribution is -2.31. The topological polar surface area (TPSA) is 131 Å². The average molecular weight is 387 g/mol. The fraction of sp³-hybridized carbons (Fsp3) is 0. The molecule has 0 spiro atoms. The maximum absolute atomic E-state index is 12.1. The molecule has 2 N–H and O–H groups in total. The highest BCUT2D eigenvalue weighted by atomic mass is 35.5. The number of aromatic hydroxyl groups is 1. The maximum Gasteiger partial charge on any atom is 0.335 e. The lowest BCUT2D eigenvalue weighted by Gasteiger charge is -2.09. The molecule has 0 fully saturated rings. The summed E-state index contributed by atoms with van der Waals surface area (Å²) in [4.78, 5) is 40.3. The van der Waals surface area contributed by atoms with Crippen LogP contribution in [-0.2, 0) is 0 Å². The van der Waals surface area contributed by atoms with Crippen LogP contribution >= 0.6 is 11.6 Å². The third-order valence-electron chi connectivity index (χ3n) is 3.61. The fourth-order valence-corrected chi connectivity index (χ4v) is 2.41. The first kappa shape index (κ1) is 18.1. The molecule has 3 rings (SSSR count). The van der Waals surface area contributed by atoms with Gasteiger partial charge in [0.05, 0.1) is 16.3 Å². The smallest absolute Gasteiger partial charge is 0.335 e. The minimum Gasteiger partial charge on any atom is -0.493 e. The Bertz CT molecular complexity index is 1150. The Kier molecular flexibility index (Phi) is 4.86. The molecule has 0 aliphatic carbocycles. The number of aromatic amines is 1. The van der Waals surface area contributed by atoms with Gasteiger partial charge < -0.3 is 5.11 Å². The number of non-ortho nitro benzene ring substituents is 1. The molecule has 1 heterocycles. The predicted molar refractivity (Wildman–Crippen MR) is 99.7 cm³/mol. The lowest BCUT2D eigenvalue weighted by atomic mass is 10.2. The summed E-state index contributed by atoms with van der Waals surface area (Å²) in [7, 11) is 0. The summed E-state index contributed by atoms with van der Waals surface area (Å²) in [5.41, 5.74) is -1.39. The number of benzene rings is 2. The SMILES string of the molecule is O=c1[nH]c(=O)n(-c2ccc(Cl)cc2)c(O)c1C=Nc1ccc([N+](=O)[O-])cc1. The number of nitrogens with one attached hydrogen (secondary N) is 1. The van der Waals surface area contributed by atoms with E-state index in [9.17, 15) is 24.8 Å². The van der Waals surface area contributed by atoms with Crippen molar-refractivity contribution in [1.29, 1.82) is 0 Å². The molecule has 0 aliphatic heterocycles. The molecule has 0 bridgehead atoms. The Morgan fingerprint density at radius 3 is 2.33 bits per heavy atom. The summed E-state index contributed by atoms with van der Waals surface area (Å²) < 4.78 is 0.898. The standard InChI is InChI=1S/C17H11ClN4O5/c18-10-1-5-12(6-2-10)21-16(24)14(15(23)20-17(21)25)9-19-11-3-7-13(8-4-11)22(26)27/h1-9,24H,(H,20,23,25). The molecular formula is C17H11ClN4O5. The zero-order chi connectivity index (χ0) is 19.6. The average Bonchev–Trinajstić information content (AvgIpc) is 2.63. The van der Waals surface area contributed by atoms with Crippen LogP contribution < -0.4 is 11.2 Å². The van der Waals surface area contributed by atoms with E-state index in [1.165, 1.54) is 48.5 Å². The van der Waals surface area contributed by atoms with Gasteiger partial charge in [-0.3, -0.25) is 24.9 Å². The van der Waals surface area contributed by atoms with Crippen molar-refractivity contribution >= 4 is 29.2 Å². The van der Waals surface area contributed by atoms with Gasteiger partial charge in [0.15, 0.2) is 0 Å². The summed E-state index contributed by atoms with van der Waals surface area (Å²) in [6.45, 7) is 0. The molecule has 3 aromatic rings. The van der Waals surface area contributed by atoms with Gasteiger partial charge in [0.1, 0.15) is 5.56 Å². The van der Waals surface area contributed by atoms with Crippen LogP contribution in [0.1, 0.15) is 5.56 Å². The van der Waals surface area contributed by atoms with Crippen LogP contribution in [0.2, 0.25) is 5.02 Å². The Balaban J connectivity index is 2.04. The number of nitrogens with zero attached hydrogens (tertiary/aromatic N) is 3. The Hall–Kier alpha value is -3.72. The molecule has 27 heavy (non-hydrogen) atoms. The number of H-pyrrole nitrogens is 1. The molecule has 10 heteroatoms. The fourth-order valence-electron chi connectivity index (χ4n) is 2.28. The molecule has 0 atom stereocenters. The number of rotatable bonds is 4. The van der Waals surface area contributed by atoms with Crippen molar-refractivity contribution in [1.82, 2.24) is 9.55 Å². The molecule has 9 nitrogen and oxygen atoms in total.